The van der Waals surface area contributed by atoms with Crippen molar-refractivity contribution < 1.29 is 22.4 Å². The van der Waals surface area contributed by atoms with Crippen molar-refractivity contribution >= 4 is 5.91 Å². The summed E-state index contributed by atoms with van der Waals surface area (Å²) < 4.78 is 50.9. The lowest BCUT2D eigenvalue weighted by Crippen LogP contribution is -2.36. The van der Waals surface area contributed by atoms with E-state index in [1.807, 2.05) is 0 Å². The van der Waals surface area contributed by atoms with Crippen LogP contribution < -0.4 is 5.73 Å². The second-order valence-corrected chi connectivity index (χ2v) is 4.53. The summed E-state index contributed by atoms with van der Waals surface area (Å²) in [6.07, 6.45) is -4.31. The van der Waals surface area contributed by atoms with Gasteiger partial charge in [0.25, 0.3) is 5.91 Å². The van der Waals surface area contributed by atoms with Gasteiger partial charge in [0.05, 0.1) is 5.56 Å². The maximum atomic E-state index is 13.1. The van der Waals surface area contributed by atoms with Gasteiger partial charge in [-0.2, -0.15) is 13.2 Å². The lowest BCUT2D eigenvalue weighted by molar-refractivity contribution is -0.140. The molecule has 0 saturated carbocycles. The van der Waals surface area contributed by atoms with E-state index in [4.69, 9.17) is 5.73 Å². The molecule has 0 spiro atoms. The summed E-state index contributed by atoms with van der Waals surface area (Å²) in [4.78, 5) is 13.3. The van der Waals surface area contributed by atoms with Crippen molar-refractivity contribution in [3.63, 3.8) is 0 Å². The van der Waals surface area contributed by atoms with E-state index in [0.29, 0.717) is 25.1 Å². The summed E-state index contributed by atoms with van der Waals surface area (Å²) in [5.41, 5.74) is 3.73. The molecule has 0 aliphatic carbocycles. The fourth-order valence-electron chi connectivity index (χ4n) is 1.71. The molecule has 0 aliphatic rings. The zero-order valence-corrected chi connectivity index (χ0v) is 11.2. The quantitative estimate of drug-likeness (QED) is 0.867. The number of rotatable bonds is 4. The van der Waals surface area contributed by atoms with Crippen LogP contribution in [0.25, 0.3) is 0 Å². The van der Waals surface area contributed by atoms with Crippen molar-refractivity contribution in [1.82, 2.24) is 4.90 Å². The normalized spacial score (nSPS) is 13.2. The SMILES string of the molecule is CC(CCN)N(C)C(=O)c1ccc(F)c(C(F)(F)F)c1. The van der Waals surface area contributed by atoms with Gasteiger partial charge in [-0.3, -0.25) is 4.79 Å². The first kappa shape index (κ1) is 16.4. The molecule has 3 nitrogen and oxygen atoms in total. The molecule has 20 heavy (non-hydrogen) atoms. The molecule has 112 valence electrons. The molecule has 0 saturated heterocycles. The van der Waals surface area contributed by atoms with E-state index in [0.717, 1.165) is 6.07 Å². The third kappa shape index (κ3) is 3.69. The van der Waals surface area contributed by atoms with Crippen LogP contribution in [0.3, 0.4) is 0 Å². The van der Waals surface area contributed by atoms with Crippen molar-refractivity contribution in [2.75, 3.05) is 13.6 Å². The Morgan fingerprint density at radius 1 is 1.40 bits per heavy atom. The summed E-state index contributed by atoms with van der Waals surface area (Å²) in [5, 5.41) is 0. The first-order chi connectivity index (χ1) is 9.18. The summed E-state index contributed by atoms with van der Waals surface area (Å²) in [5.74, 6) is -2.00. The van der Waals surface area contributed by atoms with Crippen LogP contribution in [0.1, 0.15) is 29.3 Å². The molecule has 0 fully saturated rings. The minimum Gasteiger partial charge on any atom is -0.339 e. The van der Waals surface area contributed by atoms with Gasteiger partial charge in [-0.05, 0) is 38.1 Å². The highest BCUT2D eigenvalue weighted by atomic mass is 19.4. The van der Waals surface area contributed by atoms with E-state index in [1.165, 1.54) is 11.9 Å². The third-order valence-corrected chi connectivity index (χ3v) is 3.08. The highest BCUT2D eigenvalue weighted by molar-refractivity contribution is 5.94. The van der Waals surface area contributed by atoms with E-state index in [1.54, 1.807) is 6.92 Å². The topological polar surface area (TPSA) is 46.3 Å². The smallest absolute Gasteiger partial charge is 0.339 e. The molecule has 0 bridgehead atoms. The maximum Gasteiger partial charge on any atom is 0.419 e. The van der Waals surface area contributed by atoms with Crippen molar-refractivity contribution in [3.8, 4) is 0 Å². The van der Waals surface area contributed by atoms with Gasteiger partial charge in [0.15, 0.2) is 0 Å². The van der Waals surface area contributed by atoms with Gasteiger partial charge in [0, 0.05) is 18.7 Å². The highest BCUT2D eigenvalue weighted by Gasteiger charge is 2.35. The molecule has 1 aromatic carbocycles. The number of benzene rings is 1. The Labute approximate surface area is 114 Å². The summed E-state index contributed by atoms with van der Waals surface area (Å²) >= 11 is 0. The van der Waals surface area contributed by atoms with Crippen LogP contribution in [0.5, 0.6) is 0 Å². The van der Waals surface area contributed by atoms with Gasteiger partial charge in [0.1, 0.15) is 5.82 Å². The first-order valence-electron chi connectivity index (χ1n) is 6.02. The standard InChI is InChI=1S/C13H16F4N2O/c1-8(5-6-18)19(2)12(20)9-3-4-11(14)10(7-9)13(15,16)17/h3-4,7-8H,5-6,18H2,1-2H3. The average Bonchev–Trinajstić information content (AvgIpc) is 2.36. The Balaban J connectivity index is 3.06. The summed E-state index contributed by atoms with van der Waals surface area (Å²) in [7, 11) is 1.47. The molecule has 1 aromatic rings. The molecule has 1 atom stereocenters. The number of nitrogens with zero attached hydrogens (tertiary/aromatic N) is 1. The summed E-state index contributed by atoms with van der Waals surface area (Å²) in [6, 6.07) is 2.01. The van der Waals surface area contributed by atoms with Crippen LogP contribution in [-0.4, -0.2) is 30.4 Å². The van der Waals surface area contributed by atoms with Crippen LogP contribution in [0.4, 0.5) is 17.6 Å². The lowest BCUT2D eigenvalue weighted by Gasteiger charge is -2.25. The number of nitrogens with two attached hydrogens (primary N) is 1. The predicted octanol–water partition coefficient (Wildman–Crippen LogP) is 2.65. The van der Waals surface area contributed by atoms with Gasteiger partial charge >= 0.3 is 6.18 Å². The minimum atomic E-state index is -4.83. The summed E-state index contributed by atoms with van der Waals surface area (Å²) in [6.45, 7) is 2.09. The van der Waals surface area contributed by atoms with E-state index >= 15 is 0 Å². The van der Waals surface area contributed by atoms with Crippen LogP contribution in [0.2, 0.25) is 0 Å². The maximum absolute atomic E-state index is 13.1. The number of amides is 1. The van der Waals surface area contributed by atoms with Crippen molar-refractivity contribution in [1.29, 1.82) is 0 Å². The number of carbonyl (C=O) groups is 1. The number of alkyl halides is 3. The van der Waals surface area contributed by atoms with Gasteiger partial charge in [-0.15, -0.1) is 0 Å². The monoisotopic (exact) mass is 292 g/mol. The second kappa shape index (κ2) is 6.21. The Morgan fingerprint density at radius 3 is 2.50 bits per heavy atom. The van der Waals surface area contributed by atoms with Gasteiger partial charge < -0.3 is 10.6 Å². The fourth-order valence-corrected chi connectivity index (χ4v) is 1.71. The van der Waals surface area contributed by atoms with E-state index < -0.39 is 23.5 Å². The van der Waals surface area contributed by atoms with Gasteiger partial charge in [0.2, 0.25) is 0 Å². The number of hydrogen-bond acceptors (Lipinski definition) is 2. The molecule has 0 radical (unpaired) electrons. The number of hydrogen-bond donors (Lipinski definition) is 1. The van der Waals surface area contributed by atoms with Crippen molar-refractivity contribution in [3.05, 3.63) is 35.1 Å². The second-order valence-electron chi connectivity index (χ2n) is 4.53. The largest absolute Gasteiger partial charge is 0.419 e. The zero-order valence-electron chi connectivity index (χ0n) is 11.2. The molecule has 0 aliphatic heterocycles. The molecular formula is C13H16F4N2O. The average molecular weight is 292 g/mol. The zero-order chi connectivity index (χ0) is 15.5. The molecule has 0 heterocycles. The van der Waals surface area contributed by atoms with Gasteiger partial charge in [-0.1, -0.05) is 0 Å². The van der Waals surface area contributed by atoms with Crippen LogP contribution >= 0.6 is 0 Å². The molecule has 1 amide bonds. The van der Waals surface area contributed by atoms with E-state index in [9.17, 15) is 22.4 Å². The Kier molecular flexibility index (Phi) is 5.10. The molecule has 1 rings (SSSR count). The van der Waals surface area contributed by atoms with Crippen molar-refractivity contribution in [2.24, 2.45) is 5.73 Å². The molecule has 2 N–H and O–H groups in total. The molecule has 1 unspecified atom stereocenters. The molecule has 0 aromatic heterocycles. The fraction of sp³-hybridized carbons (Fsp3) is 0.462. The van der Waals surface area contributed by atoms with Crippen LogP contribution in [0, 0.1) is 5.82 Å². The van der Waals surface area contributed by atoms with E-state index in [2.05, 4.69) is 0 Å². The Morgan fingerprint density at radius 2 is 2.00 bits per heavy atom. The van der Waals surface area contributed by atoms with Crippen LogP contribution in [0.15, 0.2) is 18.2 Å². The first-order valence-corrected chi connectivity index (χ1v) is 6.02. The minimum absolute atomic E-state index is 0.204. The predicted molar refractivity (Wildman–Crippen MR) is 66.6 cm³/mol. The highest BCUT2D eigenvalue weighted by Crippen LogP contribution is 2.32. The van der Waals surface area contributed by atoms with Crippen LogP contribution in [-0.2, 0) is 6.18 Å². The van der Waals surface area contributed by atoms with E-state index in [-0.39, 0.29) is 11.6 Å². The number of carbonyl (C=O) groups excluding carboxylic acids is 1. The molecule has 7 heteroatoms. The van der Waals surface area contributed by atoms with Gasteiger partial charge in [-0.25, -0.2) is 4.39 Å². The molecular weight excluding hydrogens is 276 g/mol. The lowest BCUT2D eigenvalue weighted by atomic mass is 10.1. The third-order valence-electron chi connectivity index (χ3n) is 3.08. The Hall–Kier alpha value is -1.63. The Bertz CT molecular complexity index is 488. The van der Waals surface area contributed by atoms with Crippen molar-refractivity contribution in [2.45, 2.75) is 25.6 Å². The number of halogens is 4.